The van der Waals surface area contributed by atoms with E-state index >= 15 is 0 Å². The molecule has 2 heterocycles. The summed E-state index contributed by atoms with van der Waals surface area (Å²) >= 11 is 0. The van der Waals surface area contributed by atoms with Crippen LogP contribution in [-0.2, 0) is 7.05 Å². The standard InChI is InChI=1S/C25H25N2/c1-16-9-10-24(26-15-16)21-7-6-8-22-20(21)11-12-27(5)25(22)23-14-17(2)13-18(3)19(23)4/h6-15H,1-5H3/q+1. The average Bonchev–Trinajstić information content (AvgIpc) is 2.65. The zero-order valence-electron chi connectivity index (χ0n) is 16.7. The second kappa shape index (κ2) is 6.62. The highest BCUT2D eigenvalue weighted by atomic mass is 14.9. The van der Waals surface area contributed by atoms with Crippen molar-refractivity contribution in [2.24, 2.45) is 7.05 Å². The Morgan fingerprint density at radius 1 is 0.778 bits per heavy atom. The molecule has 4 rings (SSSR count). The second-order valence-electron chi connectivity index (χ2n) is 7.52. The third-order valence-electron chi connectivity index (χ3n) is 5.43. The molecule has 0 amide bonds. The fourth-order valence-electron chi connectivity index (χ4n) is 3.87. The maximum Gasteiger partial charge on any atom is 0.220 e. The van der Waals surface area contributed by atoms with Crippen LogP contribution in [-0.4, -0.2) is 4.98 Å². The molecular formula is C25H25N2+. The van der Waals surface area contributed by atoms with Crippen molar-refractivity contribution in [2.75, 3.05) is 0 Å². The summed E-state index contributed by atoms with van der Waals surface area (Å²) in [6, 6.07) is 17.5. The first-order valence-corrected chi connectivity index (χ1v) is 9.38. The van der Waals surface area contributed by atoms with Gasteiger partial charge in [0, 0.05) is 23.2 Å². The summed E-state index contributed by atoms with van der Waals surface area (Å²) in [7, 11) is 2.13. The number of fused-ring (bicyclic) bond motifs is 1. The lowest BCUT2D eigenvalue weighted by molar-refractivity contribution is -0.659. The Morgan fingerprint density at radius 2 is 1.59 bits per heavy atom. The van der Waals surface area contributed by atoms with E-state index in [0.717, 1.165) is 5.69 Å². The van der Waals surface area contributed by atoms with E-state index in [0.29, 0.717) is 0 Å². The van der Waals surface area contributed by atoms with Crippen molar-refractivity contribution in [3.05, 3.63) is 83.2 Å². The summed E-state index contributed by atoms with van der Waals surface area (Å²) in [5, 5.41) is 2.49. The highest BCUT2D eigenvalue weighted by Crippen LogP contribution is 2.34. The monoisotopic (exact) mass is 353 g/mol. The quantitative estimate of drug-likeness (QED) is 0.427. The van der Waals surface area contributed by atoms with E-state index in [9.17, 15) is 0 Å². The summed E-state index contributed by atoms with van der Waals surface area (Å²) in [5.41, 5.74) is 9.89. The minimum Gasteiger partial charge on any atom is -0.256 e. The summed E-state index contributed by atoms with van der Waals surface area (Å²) in [4.78, 5) is 4.66. The number of aryl methyl sites for hydroxylation is 4. The summed E-state index contributed by atoms with van der Waals surface area (Å²) in [6.45, 7) is 8.65. The first kappa shape index (κ1) is 17.4. The number of pyridine rings is 2. The molecule has 0 N–H and O–H groups in total. The van der Waals surface area contributed by atoms with Gasteiger partial charge in [0.15, 0.2) is 6.20 Å². The van der Waals surface area contributed by atoms with Crippen molar-refractivity contribution in [2.45, 2.75) is 27.7 Å². The van der Waals surface area contributed by atoms with E-state index in [1.54, 1.807) is 0 Å². The van der Waals surface area contributed by atoms with Gasteiger partial charge in [0.25, 0.3) is 0 Å². The van der Waals surface area contributed by atoms with Crippen LogP contribution in [0, 0.1) is 27.7 Å². The largest absolute Gasteiger partial charge is 0.256 e. The maximum absolute atomic E-state index is 4.66. The van der Waals surface area contributed by atoms with Gasteiger partial charge in [-0.1, -0.05) is 29.8 Å². The average molecular weight is 353 g/mol. The fraction of sp³-hybridized carbons (Fsp3) is 0.200. The van der Waals surface area contributed by atoms with Gasteiger partial charge < -0.3 is 0 Å². The van der Waals surface area contributed by atoms with Crippen LogP contribution in [0.1, 0.15) is 22.3 Å². The second-order valence-corrected chi connectivity index (χ2v) is 7.52. The van der Waals surface area contributed by atoms with Gasteiger partial charge in [-0.3, -0.25) is 4.98 Å². The number of aromatic nitrogens is 2. The van der Waals surface area contributed by atoms with Gasteiger partial charge in [0.2, 0.25) is 5.69 Å². The molecule has 0 bridgehead atoms. The van der Waals surface area contributed by atoms with E-state index < -0.39 is 0 Å². The predicted octanol–water partition coefficient (Wildman–Crippen LogP) is 5.63. The van der Waals surface area contributed by atoms with Crippen molar-refractivity contribution in [1.29, 1.82) is 0 Å². The Morgan fingerprint density at radius 3 is 2.33 bits per heavy atom. The molecule has 0 aliphatic carbocycles. The Bertz CT molecular complexity index is 1160. The summed E-state index contributed by atoms with van der Waals surface area (Å²) in [6.07, 6.45) is 4.10. The van der Waals surface area contributed by atoms with E-state index in [2.05, 4.69) is 99.0 Å². The zero-order chi connectivity index (χ0) is 19.1. The number of rotatable bonds is 2. The van der Waals surface area contributed by atoms with Gasteiger partial charge in [-0.25, -0.2) is 4.57 Å². The molecule has 4 aromatic rings. The Balaban J connectivity index is 2.05. The molecule has 0 spiro atoms. The SMILES string of the molecule is Cc1ccc(-c2cccc3c(-c4cc(C)cc(C)c4C)[n+](C)ccc23)nc1. The van der Waals surface area contributed by atoms with Crippen molar-refractivity contribution in [1.82, 2.24) is 4.98 Å². The predicted molar refractivity (Wildman–Crippen MR) is 113 cm³/mol. The minimum atomic E-state index is 1.02. The van der Waals surface area contributed by atoms with Crippen molar-refractivity contribution < 1.29 is 4.57 Å². The molecule has 2 aromatic carbocycles. The van der Waals surface area contributed by atoms with Gasteiger partial charge in [-0.05, 0) is 62.6 Å². The Hall–Kier alpha value is -3.00. The van der Waals surface area contributed by atoms with E-state index in [1.807, 2.05) is 6.20 Å². The number of hydrogen-bond acceptors (Lipinski definition) is 1. The van der Waals surface area contributed by atoms with Crippen LogP contribution in [0.3, 0.4) is 0 Å². The van der Waals surface area contributed by atoms with Crippen LogP contribution < -0.4 is 4.57 Å². The lowest BCUT2D eigenvalue weighted by Crippen LogP contribution is -2.31. The third-order valence-corrected chi connectivity index (χ3v) is 5.43. The van der Waals surface area contributed by atoms with Crippen LogP contribution in [0.5, 0.6) is 0 Å². The molecule has 0 aliphatic rings. The maximum atomic E-state index is 4.66. The summed E-state index contributed by atoms with van der Waals surface area (Å²) < 4.78 is 2.23. The minimum absolute atomic E-state index is 1.02. The molecule has 27 heavy (non-hydrogen) atoms. The van der Waals surface area contributed by atoms with Crippen molar-refractivity contribution in [3.63, 3.8) is 0 Å². The zero-order valence-corrected chi connectivity index (χ0v) is 16.7. The third kappa shape index (κ3) is 3.02. The molecular weight excluding hydrogens is 328 g/mol. The van der Waals surface area contributed by atoms with Crippen LogP contribution in [0.25, 0.3) is 33.3 Å². The fourth-order valence-corrected chi connectivity index (χ4v) is 3.87. The molecule has 0 aliphatic heterocycles. The number of hydrogen-bond donors (Lipinski definition) is 0. The molecule has 0 atom stereocenters. The van der Waals surface area contributed by atoms with Gasteiger partial charge in [0.1, 0.15) is 7.05 Å². The summed E-state index contributed by atoms with van der Waals surface area (Å²) in [5.74, 6) is 0. The smallest absolute Gasteiger partial charge is 0.220 e. The lowest BCUT2D eigenvalue weighted by atomic mass is 9.93. The van der Waals surface area contributed by atoms with Gasteiger partial charge >= 0.3 is 0 Å². The van der Waals surface area contributed by atoms with E-state index in [1.165, 1.54) is 49.8 Å². The number of benzene rings is 2. The molecule has 0 fully saturated rings. The normalized spacial score (nSPS) is 11.1. The van der Waals surface area contributed by atoms with Crippen molar-refractivity contribution >= 4 is 10.8 Å². The van der Waals surface area contributed by atoms with Crippen LogP contribution in [0.4, 0.5) is 0 Å². The highest BCUT2D eigenvalue weighted by molar-refractivity contribution is 6.01. The molecule has 2 nitrogen and oxygen atoms in total. The highest BCUT2D eigenvalue weighted by Gasteiger charge is 2.20. The van der Waals surface area contributed by atoms with E-state index in [4.69, 9.17) is 0 Å². The first-order valence-electron chi connectivity index (χ1n) is 9.38. The van der Waals surface area contributed by atoms with Gasteiger partial charge in [-0.2, -0.15) is 0 Å². The molecule has 134 valence electrons. The number of nitrogens with zero attached hydrogens (tertiary/aromatic N) is 2. The molecule has 0 saturated heterocycles. The topological polar surface area (TPSA) is 16.8 Å². The van der Waals surface area contributed by atoms with Crippen LogP contribution in [0.2, 0.25) is 0 Å². The van der Waals surface area contributed by atoms with E-state index in [-0.39, 0.29) is 0 Å². The Kier molecular flexibility index (Phi) is 4.27. The molecule has 0 saturated carbocycles. The van der Waals surface area contributed by atoms with Crippen LogP contribution in [0.15, 0.2) is 60.9 Å². The first-order chi connectivity index (χ1) is 13.0. The Labute approximate surface area is 161 Å². The molecule has 2 heteroatoms. The van der Waals surface area contributed by atoms with Gasteiger partial charge in [0.05, 0.1) is 16.6 Å². The van der Waals surface area contributed by atoms with Crippen LogP contribution >= 0.6 is 0 Å². The molecule has 0 unspecified atom stereocenters. The van der Waals surface area contributed by atoms with Gasteiger partial charge in [-0.15, -0.1) is 0 Å². The molecule has 0 radical (unpaired) electrons. The molecule has 2 aromatic heterocycles. The van der Waals surface area contributed by atoms with Crippen molar-refractivity contribution in [3.8, 4) is 22.5 Å². The lowest BCUT2D eigenvalue weighted by Gasteiger charge is -2.13.